The number of hydrogen-bond donors (Lipinski definition) is 1. The number of para-hydroxylation sites is 1. The highest BCUT2D eigenvalue weighted by Crippen LogP contribution is 2.33. The van der Waals surface area contributed by atoms with Crippen LogP contribution < -0.4 is 10.1 Å². The molecule has 0 aliphatic carbocycles. The zero-order valence-electron chi connectivity index (χ0n) is 18.4. The Morgan fingerprint density at radius 1 is 0.727 bits per heavy atom. The number of hydrogen-bond acceptors (Lipinski definition) is 3. The fourth-order valence-corrected chi connectivity index (χ4v) is 4.17. The summed E-state index contributed by atoms with van der Waals surface area (Å²) < 4.78 is 5.94. The van der Waals surface area contributed by atoms with Crippen molar-refractivity contribution >= 4 is 11.6 Å². The van der Waals surface area contributed by atoms with Crippen LogP contribution in [-0.2, 0) is 13.0 Å². The molecule has 1 aliphatic heterocycles. The van der Waals surface area contributed by atoms with Crippen molar-refractivity contribution < 1.29 is 9.53 Å². The molecule has 0 fully saturated rings. The van der Waals surface area contributed by atoms with Gasteiger partial charge in [0.05, 0.1) is 5.56 Å². The van der Waals surface area contributed by atoms with E-state index in [1.165, 1.54) is 5.56 Å². The molecule has 33 heavy (non-hydrogen) atoms. The lowest BCUT2D eigenvalue weighted by Gasteiger charge is -2.38. The van der Waals surface area contributed by atoms with Crippen LogP contribution >= 0.6 is 0 Å². The summed E-state index contributed by atoms with van der Waals surface area (Å²) in [5.41, 5.74) is 4.95. The highest BCUT2D eigenvalue weighted by molar-refractivity contribution is 6.01. The van der Waals surface area contributed by atoms with Gasteiger partial charge in [-0.1, -0.05) is 84.9 Å². The third-order valence-corrected chi connectivity index (χ3v) is 5.95. The first kappa shape index (κ1) is 20.8. The molecule has 0 saturated heterocycles. The van der Waals surface area contributed by atoms with Gasteiger partial charge in [0.2, 0.25) is 0 Å². The van der Waals surface area contributed by atoms with Gasteiger partial charge in [0.25, 0.3) is 5.91 Å². The van der Waals surface area contributed by atoms with Crippen LogP contribution in [0.5, 0.6) is 5.75 Å². The number of nitrogens with zero attached hydrogens (tertiary/aromatic N) is 1. The first-order valence-electron chi connectivity index (χ1n) is 11.2. The van der Waals surface area contributed by atoms with Crippen molar-refractivity contribution in [2.75, 3.05) is 11.9 Å². The number of rotatable bonds is 7. The van der Waals surface area contributed by atoms with Gasteiger partial charge < -0.3 is 15.0 Å². The van der Waals surface area contributed by atoms with Crippen LogP contribution in [0.4, 0.5) is 5.69 Å². The Hall–Kier alpha value is -4.05. The number of carbonyl (C=O) groups excluding carboxylic acids is 1. The second-order valence-corrected chi connectivity index (χ2v) is 8.17. The lowest BCUT2D eigenvalue weighted by Crippen LogP contribution is -2.43. The molecule has 0 bridgehead atoms. The van der Waals surface area contributed by atoms with Gasteiger partial charge in [-0.15, -0.1) is 0 Å². The molecule has 1 unspecified atom stereocenters. The molecule has 1 amide bonds. The first-order valence-corrected chi connectivity index (χ1v) is 11.2. The number of amides is 1. The summed E-state index contributed by atoms with van der Waals surface area (Å²) in [6, 6.07) is 36.1. The average Bonchev–Trinajstić information content (AvgIpc) is 2.88. The molecule has 4 aromatic carbocycles. The summed E-state index contributed by atoms with van der Waals surface area (Å²) in [6.45, 7) is 1.15. The van der Waals surface area contributed by atoms with E-state index in [-0.39, 0.29) is 12.1 Å². The van der Waals surface area contributed by atoms with E-state index in [0.717, 1.165) is 29.0 Å². The summed E-state index contributed by atoms with van der Waals surface area (Å²) in [5.74, 6) is 0.857. The maximum absolute atomic E-state index is 13.4. The number of ether oxygens (including phenoxy) is 1. The van der Waals surface area contributed by atoms with Gasteiger partial charge in [-0.2, -0.15) is 0 Å². The van der Waals surface area contributed by atoms with Crippen molar-refractivity contribution in [1.82, 2.24) is 4.90 Å². The normalized spacial score (nSPS) is 15.0. The lowest BCUT2D eigenvalue weighted by molar-refractivity contribution is 0.0685. The molecule has 0 saturated carbocycles. The molecule has 164 valence electrons. The van der Waals surface area contributed by atoms with Crippen molar-refractivity contribution in [2.24, 2.45) is 0 Å². The maximum Gasteiger partial charge on any atom is 0.257 e. The zero-order valence-corrected chi connectivity index (χ0v) is 18.4. The van der Waals surface area contributed by atoms with Crippen LogP contribution in [-0.4, -0.2) is 17.4 Å². The van der Waals surface area contributed by atoms with Gasteiger partial charge in [-0.05, 0) is 47.4 Å². The smallest absolute Gasteiger partial charge is 0.257 e. The van der Waals surface area contributed by atoms with Gasteiger partial charge in [-0.3, -0.25) is 4.79 Å². The Labute approximate surface area is 194 Å². The Balaban J connectivity index is 1.36. The van der Waals surface area contributed by atoms with E-state index in [4.69, 9.17) is 4.74 Å². The minimum atomic E-state index is -0.237. The molecule has 0 radical (unpaired) electrons. The highest BCUT2D eigenvalue weighted by atomic mass is 16.5. The molecule has 1 N–H and O–H groups in total. The Bertz CT molecular complexity index is 1210. The van der Waals surface area contributed by atoms with Gasteiger partial charge in [0, 0.05) is 12.2 Å². The van der Waals surface area contributed by atoms with E-state index in [0.29, 0.717) is 18.7 Å². The fourth-order valence-electron chi connectivity index (χ4n) is 4.17. The van der Waals surface area contributed by atoms with Crippen molar-refractivity contribution in [2.45, 2.75) is 19.2 Å². The SMILES string of the molecule is O=C1c2ccccc2NC(c2ccc(OCc3ccccc3)cc2)N1CCc1ccccc1. The van der Waals surface area contributed by atoms with E-state index < -0.39 is 0 Å². The molecule has 4 nitrogen and oxygen atoms in total. The van der Waals surface area contributed by atoms with Crippen LogP contribution in [0, 0.1) is 0 Å². The molecule has 1 heterocycles. The Morgan fingerprint density at radius 2 is 1.36 bits per heavy atom. The highest BCUT2D eigenvalue weighted by Gasteiger charge is 2.32. The van der Waals surface area contributed by atoms with Crippen LogP contribution in [0.1, 0.15) is 33.2 Å². The topological polar surface area (TPSA) is 41.6 Å². The monoisotopic (exact) mass is 434 g/mol. The number of fused-ring (bicyclic) bond motifs is 1. The second kappa shape index (κ2) is 9.61. The molecule has 1 aliphatic rings. The second-order valence-electron chi connectivity index (χ2n) is 8.17. The van der Waals surface area contributed by atoms with Gasteiger partial charge in [0.15, 0.2) is 0 Å². The Morgan fingerprint density at radius 3 is 2.09 bits per heavy atom. The van der Waals surface area contributed by atoms with Crippen molar-refractivity contribution in [3.8, 4) is 5.75 Å². The van der Waals surface area contributed by atoms with Crippen LogP contribution in [0.15, 0.2) is 109 Å². The molecule has 5 rings (SSSR count). The minimum Gasteiger partial charge on any atom is -0.489 e. The van der Waals surface area contributed by atoms with E-state index in [1.807, 2.05) is 102 Å². The summed E-state index contributed by atoms with van der Waals surface area (Å²) in [4.78, 5) is 15.3. The lowest BCUT2D eigenvalue weighted by atomic mass is 10.0. The van der Waals surface area contributed by atoms with E-state index in [1.54, 1.807) is 0 Å². The maximum atomic E-state index is 13.4. The molecule has 4 aromatic rings. The average molecular weight is 435 g/mol. The van der Waals surface area contributed by atoms with Crippen LogP contribution in [0.2, 0.25) is 0 Å². The minimum absolute atomic E-state index is 0.0506. The summed E-state index contributed by atoms with van der Waals surface area (Å²) in [7, 11) is 0. The zero-order chi connectivity index (χ0) is 22.5. The number of nitrogens with one attached hydrogen (secondary N) is 1. The van der Waals surface area contributed by atoms with Crippen LogP contribution in [0.25, 0.3) is 0 Å². The molecule has 1 atom stereocenters. The molecular formula is C29H26N2O2. The van der Waals surface area contributed by atoms with Gasteiger partial charge in [-0.25, -0.2) is 0 Å². The van der Waals surface area contributed by atoms with Gasteiger partial charge in [0.1, 0.15) is 18.5 Å². The van der Waals surface area contributed by atoms with E-state index in [2.05, 4.69) is 17.4 Å². The molecular weight excluding hydrogens is 408 g/mol. The van der Waals surface area contributed by atoms with Crippen molar-refractivity contribution in [1.29, 1.82) is 0 Å². The largest absolute Gasteiger partial charge is 0.489 e. The third-order valence-electron chi connectivity index (χ3n) is 5.95. The van der Waals surface area contributed by atoms with Crippen LogP contribution in [0.3, 0.4) is 0 Å². The fraction of sp³-hybridized carbons (Fsp3) is 0.138. The summed E-state index contributed by atoms with van der Waals surface area (Å²) >= 11 is 0. The predicted molar refractivity (Wildman–Crippen MR) is 131 cm³/mol. The molecule has 4 heteroatoms. The Kier molecular flexibility index (Phi) is 6.07. The third kappa shape index (κ3) is 4.75. The van der Waals surface area contributed by atoms with E-state index >= 15 is 0 Å². The van der Waals surface area contributed by atoms with Crippen molar-refractivity contribution in [3.63, 3.8) is 0 Å². The van der Waals surface area contributed by atoms with E-state index in [9.17, 15) is 4.79 Å². The molecule has 0 spiro atoms. The number of anilines is 1. The standard InChI is InChI=1S/C29H26N2O2/c32-29-26-13-7-8-14-27(26)30-28(31(29)20-19-22-9-3-1-4-10-22)24-15-17-25(18-16-24)33-21-23-11-5-2-6-12-23/h1-18,28,30H,19-21H2. The number of carbonyl (C=O) groups is 1. The van der Waals surface area contributed by atoms with Gasteiger partial charge >= 0.3 is 0 Å². The number of benzene rings is 4. The summed E-state index contributed by atoms with van der Waals surface area (Å²) in [5, 5.41) is 3.57. The first-order chi connectivity index (χ1) is 16.3. The predicted octanol–water partition coefficient (Wildman–Crippen LogP) is 6.07. The molecule has 0 aromatic heterocycles. The summed E-state index contributed by atoms with van der Waals surface area (Å²) in [6.07, 6.45) is 0.560. The van der Waals surface area contributed by atoms with Crippen molar-refractivity contribution in [3.05, 3.63) is 131 Å². The quantitative estimate of drug-likeness (QED) is 0.384.